The molecule has 2 heteroatoms. The second kappa shape index (κ2) is 3.59. The van der Waals surface area contributed by atoms with Gasteiger partial charge in [-0.3, -0.25) is 0 Å². The van der Waals surface area contributed by atoms with Crippen LogP contribution in [0.1, 0.15) is 18.1 Å². The summed E-state index contributed by atoms with van der Waals surface area (Å²) in [6.45, 7) is 3.78. The molecular formula is C10H15NO. The van der Waals surface area contributed by atoms with E-state index in [-0.39, 0.29) is 6.10 Å². The van der Waals surface area contributed by atoms with Crippen LogP contribution in [-0.2, 0) is 6.42 Å². The van der Waals surface area contributed by atoms with Gasteiger partial charge in [0.25, 0.3) is 0 Å². The minimum absolute atomic E-state index is 0.326. The van der Waals surface area contributed by atoms with Gasteiger partial charge in [0.15, 0.2) is 0 Å². The van der Waals surface area contributed by atoms with Gasteiger partial charge >= 0.3 is 0 Å². The third-order valence-electron chi connectivity index (χ3n) is 1.95. The van der Waals surface area contributed by atoms with Crippen LogP contribution < -0.4 is 5.73 Å². The summed E-state index contributed by atoms with van der Waals surface area (Å²) in [6.07, 6.45) is 0.312. The predicted molar refractivity (Wildman–Crippen MR) is 51.0 cm³/mol. The minimum atomic E-state index is -0.326. The van der Waals surface area contributed by atoms with Crippen molar-refractivity contribution in [1.82, 2.24) is 0 Å². The molecule has 1 aromatic carbocycles. The molecule has 1 atom stereocenters. The Hall–Kier alpha value is -1.02. The average molecular weight is 165 g/mol. The summed E-state index contributed by atoms with van der Waals surface area (Å²) in [5, 5.41) is 9.20. The van der Waals surface area contributed by atoms with E-state index in [1.165, 1.54) is 0 Å². The highest BCUT2D eigenvalue weighted by molar-refractivity contribution is 5.50. The van der Waals surface area contributed by atoms with Crippen molar-refractivity contribution < 1.29 is 5.11 Å². The van der Waals surface area contributed by atoms with Gasteiger partial charge in [0, 0.05) is 12.1 Å². The molecule has 0 spiro atoms. The highest BCUT2D eigenvalue weighted by Gasteiger charge is 2.05. The Morgan fingerprint density at radius 1 is 1.50 bits per heavy atom. The number of rotatable bonds is 2. The lowest BCUT2D eigenvalue weighted by Gasteiger charge is -2.10. The number of hydrogen-bond donors (Lipinski definition) is 2. The van der Waals surface area contributed by atoms with Crippen molar-refractivity contribution in [2.75, 3.05) is 5.73 Å². The van der Waals surface area contributed by atoms with Crippen LogP contribution in [0.3, 0.4) is 0 Å². The fraction of sp³-hybridized carbons (Fsp3) is 0.400. The van der Waals surface area contributed by atoms with E-state index in [2.05, 4.69) is 0 Å². The average Bonchev–Trinajstić information content (AvgIpc) is 1.97. The van der Waals surface area contributed by atoms with Crippen LogP contribution in [0.15, 0.2) is 18.2 Å². The van der Waals surface area contributed by atoms with Crippen LogP contribution in [-0.4, -0.2) is 11.2 Å². The molecule has 1 unspecified atom stereocenters. The third kappa shape index (κ3) is 1.98. The second-order valence-corrected chi connectivity index (χ2v) is 3.20. The topological polar surface area (TPSA) is 46.2 Å². The molecule has 0 bridgehead atoms. The first-order valence-corrected chi connectivity index (χ1v) is 4.13. The van der Waals surface area contributed by atoms with Crippen molar-refractivity contribution in [3.05, 3.63) is 29.3 Å². The van der Waals surface area contributed by atoms with Gasteiger partial charge in [0.1, 0.15) is 0 Å². The lowest BCUT2D eigenvalue weighted by atomic mass is 10.0. The molecule has 0 aliphatic rings. The van der Waals surface area contributed by atoms with Crippen molar-refractivity contribution in [3.63, 3.8) is 0 Å². The molecule has 12 heavy (non-hydrogen) atoms. The Labute approximate surface area is 73.0 Å². The molecule has 0 aliphatic heterocycles. The maximum absolute atomic E-state index is 9.20. The third-order valence-corrected chi connectivity index (χ3v) is 1.95. The molecule has 0 amide bonds. The Morgan fingerprint density at radius 2 is 2.17 bits per heavy atom. The lowest BCUT2D eigenvalue weighted by Crippen LogP contribution is -2.08. The van der Waals surface area contributed by atoms with E-state index in [1.807, 2.05) is 25.1 Å². The van der Waals surface area contributed by atoms with Crippen LogP contribution in [0.25, 0.3) is 0 Å². The van der Waals surface area contributed by atoms with E-state index in [0.717, 1.165) is 16.8 Å². The molecule has 0 radical (unpaired) electrons. The molecular weight excluding hydrogens is 150 g/mol. The summed E-state index contributed by atoms with van der Waals surface area (Å²) in [4.78, 5) is 0. The fourth-order valence-electron chi connectivity index (χ4n) is 1.30. The van der Waals surface area contributed by atoms with Gasteiger partial charge in [0.05, 0.1) is 6.10 Å². The molecule has 0 aromatic heterocycles. The molecule has 0 saturated carbocycles. The van der Waals surface area contributed by atoms with Crippen LogP contribution in [0.5, 0.6) is 0 Å². The molecule has 1 rings (SSSR count). The van der Waals surface area contributed by atoms with E-state index in [4.69, 9.17) is 5.73 Å². The zero-order valence-corrected chi connectivity index (χ0v) is 7.54. The molecule has 0 heterocycles. The van der Waals surface area contributed by atoms with Crippen molar-refractivity contribution in [3.8, 4) is 0 Å². The van der Waals surface area contributed by atoms with E-state index in [0.29, 0.717) is 6.42 Å². The Balaban J connectivity index is 2.96. The number of nitrogen functional groups attached to an aromatic ring is 1. The van der Waals surface area contributed by atoms with Gasteiger partial charge in [-0.2, -0.15) is 0 Å². The molecule has 66 valence electrons. The molecule has 2 nitrogen and oxygen atoms in total. The Bertz CT molecular complexity index is 248. The number of aliphatic hydroxyl groups is 1. The minimum Gasteiger partial charge on any atom is -0.398 e. The molecule has 0 saturated heterocycles. The smallest absolute Gasteiger partial charge is 0.0553 e. The van der Waals surface area contributed by atoms with E-state index in [1.54, 1.807) is 6.92 Å². The lowest BCUT2D eigenvalue weighted by molar-refractivity contribution is 0.195. The highest BCUT2D eigenvalue weighted by atomic mass is 16.3. The number of aliphatic hydroxyl groups excluding tert-OH is 1. The maximum Gasteiger partial charge on any atom is 0.0553 e. The van der Waals surface area contributed by atoms with Gasteiger partial charge in [0.2, 0.25) is 0 Å². The zero-order valence-electron chi connectivity index (χ0n) is 7.54. The van der Waals surface area contributed by atoms with Crippen molar-refractivity contribution in [2.24, 2.45) is 0 Å². The molecule has 3 N–H and O–H groups in total. The summed E-state index contributed by atoms with van der Waals surface area (Å²) in [6, 6.07) is 5.80. The quantitative estimate of drug-likeness (QED) is 0.652. The van der Waals surface area contributed by atoms with Gasteiger partial charge in [-0.25, -0.2) is 0 Å². The summed E-state index contributed by atoms with van der Waals surface area (Å²) in [5.41, 5.74) is 8.74. The normalized spacial score (nSPS) is 12.9. The van der Waals surface area contributed by atoms with Gasteiger partial charge in [-0.1, -0.05) is 12.1 Å². The second-order valence-electron chi connectivity index (χ2n) is 3.20. The molecule has 0 fully saturated rings. The summed E-state index contributed by atoms with van der Waals surface area (Å²) in [5.74, 6) is 0. The summed E-state index contributed by atoms with van der Waals surface area (Å²) < 4.78 is 0. The summed E-state index contributed by atoms with van der Waals surface area (Å²) >= 11 is 0. The first-order chi connectivity index (χ1) is 5.61. The largest absolute Gasteiger partial charge is 0.398 e. The standard InChI is InChI=1S/C10H15NO/c1-7-4-3-5-10(11)9(7)6-8(2)12/h3-5,8,12H,6,11H2,1-2H3. The number of benzene rings is 1. The fourth-order valence-corrected chi connectivity index (χ4v) is 1.30. The number of hydrogen-bond acceptors (Lipinski definition) is 2. The number of nitrogens with two attached hydrogens (primary N) is 1. The van der Waals surface area contributed by atoms with Crippen LogP contribution >= 0.6 is 0 Å². The molecule has 1 aromatic rings. The predicted octanol–water partition coefficient (Wildman–Crippen LogP) is 1.50. The monoisotopic (exact) mass is 165 g/mol. The van der Waals surface area contributed by atoms with Crippen molar-refractivity contribution >= 4 is 5.69 Å². The SMILES string of the molecule is Cc1cccc(N)c1CC(C)O. The summed E-state index contributed by atoms with van der Waals surface area (Å²) in [7, 11) is 0. The molecule has 0 aliphatic carbocycles. The maximum atomic E-state index is 9.20. The Morgan fingerprint density at radius 3 is 2.67 bits per heavy atom. The van der Waals surface area contributed by atoms with E-state index >= 15 is 0 Å². The van der Waals surface area contributed by atoms with E-state index < -0.39 is 0 Å². The van der Waals surface area contributed by atoms with Gasteiger partial charge in [-0.15, -0.1) is 0 Å². The Kier molecular flexibility index (Phi) is 2.71. The van der Waals surface area contributed by atoms with E-state index in [9.17, 15) is 5.11 Å². The number of aryl methyl sites for hydroxylation is 1. The highest BCUT2D eigenvalue weighted by Crippen LogP contribution is 2.17. The van der Waals surface area contributed by atoms with Crippen molar-refractivity contribution in [1.29, 1.82) is 0 Å². The van der Waals surface area contributed by atoms with Gasteiger partial charge < -0.3 is 10.8 Å². The zero-order chi connectivity index (χ0) is 9.14. The first-order valence-electron chi connectivity index (χ1n) is 4.13. The van der Waals surface area contributed by atoms with Crippen LogP contribution in [0.2, 0.25) is 0 Å². The van der Waals surface area contributed by atoms with Crippen LogP contribution in [0.4, 0.5) is 5.69 Å². The number of anilines is 1. The van der Waals surface area contributed by atoms with Crippen LogP contribution in [0, 0.1) is 6.92 Å². The first kappa shape index (κ1) is 9.07. The van der Waals surface area contributed by atoms with Gasteiger partial charge in [-0.05, 0) is 31.0 Å². The van der Waals surface area contributed by atoms with Crippen molar-refractivity contribution in [2.45, 2.75) is 26.4 Å².